The first-order chi connectivity index (χ1) is 9.10. The molecule has 98 valence electrons. The topological polar surface area (TPSA) is 68.9 Å². The van der Waals surface area contributed by atoms with E-state index in [9.17, 15) is 10.1 Å². The normalized spacial score (nSPS) is 10.4. The lowest BCUT2D eigenvalue weighted by Crippen LogP contribution is -2.01. The zero-order chi connectivity index (χ0) is 13.8. The molecule has 2 aromatic heterocycles. The molecular weight excluding hydrogens is 266 g/mol. The fraction of sp³-hybridized carbons (Fsp3) is 0.231. The van der Waals surface area contributed by atoms with Crippen molar-refractivity contribution < 1.29 is 4.92 Å². The van der Waals surface area contributed by atoms with Crippen molar-refractivity contribution >= 4 is 17.3 Å². The van der Waals surface area contributed by atoms with Crippen LogP contribution in [0.15, 0.2) is 30.5 Å². The van der Waals surface area contributed by atoms with Crippen molar-refractivity contribution in [3.8, 4) is 0 Å². The zero-order valence-corrected chi connectivity index (χ0v) is 11.1. The number of nitro groups is 1. The molecule has 0 N–H and O–H groups in total. The van der Waals surface area contributed by atoms with E-state index in [0.717, 1.165) is 17.7 Å². The number of halogens is 1. The van der Waals surface area contributed by atoms with Gasteiger partial charge in [0.25, 0.3) is 5.69 Å². The Morgan fingerprint density at radius 2 is 2.11 bits per heavy atom. The average Bonchev–Trinajstić information content (AvgIpc) is 2.39. The van der Waals surface area contributed by atoms with Gasteiger partial charge in [-0.15, -0.1) is 0 Å². The minimum atomic E-state index is -0.459. The summed E-state index contributed by atoms with van der Waals surface area (Å²) in [4.78, 5) is 18.8. The monoisotopic (exact) mass is 277 g/mol. The molecule has 0 bridgehead atoms. The van der Waals surface area contributed by atoms with Crippen molar-refractivity contribution in [2.45, 2.75) is 19.8 Å². The molecule has 0 atom stereocenters. The quantitative estimate of drug-likeness (QED) is 0.489. The van der Waals surface area contributed by atoms with Gasteiger partial charge < -0.3 is 0 Å². The Morgan fingerprint density at radius 1 is 1.32 bits per heavy atom. The van der Waals surface area contributed by atoms with Crippen LogP contribution in [0.25, 0.3) is 0 Å². The summed E-state index contributed by atoms with van der Waals surface area (Å²) in [6.45, 7) is 2.04. The van der Waals surface area contributed by atoms with Gasteiger partial charge in [0.15, 0.2) is 0 Å². The molecule has 0 saturated heterocycles. The summed E-state index contributed by atoms with van der Waals surface area (Å²) in [5.74, 6) is 0. The van der Waals surface area contributed by atoms with Crippen LogP contribution in [-0.2, 0) is 12.8 Å². The molecule has 2 rings (SSSR count). The van der Waals surface area contributed by atoms with Crippen molar-refractivity contribution in [2.75, 3.05) is 0 Å². The van der Waals surface area contributed by atoms with Crippen LogP contribution in [0.5, 0.6) is 0 Å². The van der Waals surface area contributed by atoms with Crippen LogP contribution in [0.1, 0.15) is 23.9 Å². The predicted molar refractivity (Wildman–Crippen MR) is 72.3 cm³/mol. The molecule has 0 aliphatic carbocycles. The molecule has 0 radical (unpaired) electrons. The van der Waals surface area contributed by atoms with E-state index >= 15 is 0 Å². The lowest BCUT2D eigenvalue weighted by Gasteiger charge is -2.03. The molecule has 6 heteroatoms. The first-order valence-electron chi connectivity index (χ1n) is 5.83. The largest absolute Gasteiger partial charge is 0.291 e. The Kier molecular flexibility index (Phi) is 4.06. The van der Waals surface area contributed by atoms with E-state index in [0.29, 0.717) is 12.1 Å². The Balaban J connectivity index is 2.31. The fourth-order valence-corrected chi connectivity index (χ4v) is 1.87. The Morgan fingerprint density at radius 3 is 2.68 bits per heavy atom. The highest BCUT2D eigenvalue weighted by Crippen LogP contribution is 2.21. The molecule has 2 heterocycles. The maximum Gasteiger partial charge on any atom is 0.291 e. The molecule has 5 nitrogen and oxygen atoms in total. The van der Waals surface area contributed by atoms with Crippen molar-refractivity contribution in [2.24, 2.45) is 0 Å². The van der Waals surface area contributed by atoms with Gasteiger partial charge in [-0.3, -0.25) is 15.1 Å². The third kappa shape index (κ3) is 3.26. The van der Waals surface area contributed by atoms with Crippen LogP contribution in [0, 0.1) is 10.1 Å². The molecule has 0 unspecified atom stereocenters. The summed E-state index contributed by atoms with van der Waals surface area (Å²) in [5, 5.41) is 11.2. The van der Waals surface area contributed by atoms with Gasteiger partial charge in [-0.05, 0) is 24.1 Å². The van der Waals surface area contributed by atoms with Crippen LogP contribution in [0.2, 0.25) is 5.15 Å². The first-order valence-corrected chi connectivity index (χ1v) is 6.21. The van der Waals surface area contributed by atoms with Crippen LogP contribution in [0.3, 0.4) is 0 Å². The van der Waals surface area contributed by atoms with Gasteiger partial charge in [0.1, 0.15) is 10.8 Å². The molecule has 0 saturated carbocycles. The Hall–Kier alpha value is -2.01. The van der Waals surface area contributed by atoms with Gasteiger partial charge in [0.05, 0.1) is 4.92 Å². The first kappa shape index (κ1) is 13.4. The summed E-state index contributed by atoms with van der Waals surface area (Å²) in [6, 6.07) is 6.59. The highest BCUT2D eigenvalue weighted by molar-refractivity contribution is 6.29. The second-order valence-electron chi connectivity index (χ2n) is 4.05. The second kappa shape index (κ2) is 5.75. The summed E-state index contributed by atoms with van der Waals surface area (Å²) in [6.07, 6.45) is 2.97. The molecule has 0 aromatic carbocycles. The third-order valence-electron chi connectivity index (χ3n) is 2.76. The zero-order valence-electron chi connectivity index (χ0n) is 10.3. The Bertz CT molecular complexity index is 599. The van der Waals surface area contributed by atoms with Gasteiger partial charge in [-0.25, -0.2) is 4.98 Å². The van der Waals surface area contributed by atoms with Gasteiger partial charge in [0.2, 0.25) is 0 Å². The summed E-state index contributed by atoms with van der Waals surface area (Å²) in [7, 11) is 0. The predicted octanol–water partition coefficient (Wildman–Crippen LogP) is 3.19. The number of rotatable bonds is 4. The number of aromatic nitrogens is 2. The van der Waals surface area contributed by atoms with Gasteiger partial charge in [-0.2, -0.15) is 0 Å². The van der Waals surface area contributed by atoms with Crippen molar-refractivity contribution in [1.82, 2.24) is 9.97 Å². The maximum absolute atomic E-state index is 10.9. The van der Waals surface area contributed by atoms with Gasteiger partial charge in [-0.1, -0.05) is 24.6 Å². The summed E-state index contributed by atoms with van der Waals surface area (Å²) < 4.78 is 0. The molecular formula is C13H12ClN3O2. The number of hydrogen-bond donors (Lipinski definition) is 0. The summed E-state index contributed by atoms with van der Waals surface area (Å²) in [5.41, 5.74) is 2.15. The van der Waals surface area contributed by atoms with Crippen LogP contribution >= 0.6 is 11.6 Å². The lowest BCUT2D eigenvalue weighted by molar-refractivity contribution is -0.385. The highest BCUT2D eigenvalue weighted by atomic mass is 35.5. The number of pyridine rings is 2. The van der Waals surface area contributed by atoms with Crippen LogP contribution in [-0.4, -0.2) is 14.9 Å². The third-order valence-corrected chi connectivity index (χ3v) is 2.97. The van der Waals surface area contributed by atoms with E-state index in [1.807, 2.05) is 19.1 Å². The standard InChI is InChI=1S/C13H12ClN3O2/c1-2-9-3-4-10(15-8-9)7-11-12(17(18)19)5-6-13(14)16-11/h3-6,8H,2,7H2,1H3. The van der Waals surface area contributed by atoms with Crippen LogP contribution < -0.4 is 0 Å². The Labute approximate surface area is 115 Å². The molecule has 0 fully saturated rings. The van der Waals surface area contributed by atoms with E-state index in [4.69, 9.17) is 11.6 Å². The SMILES string of the molecule is CCc1ccc(Cc2nc(Cl)ccc2[N+](=O)[O-])nc1. The van der Waals surface area contributed by atoms with Crippen molar-refractivity contribution in [3.63, 3.8) is 0 Å². The second-order valence-corrected chi connectivity index (χ2v) is 4.43. The molecule has 2 aromatic rings. The highest BCUT2D eigenvalue weighted by Gasteiger charge is 2.16. The van der Waals surface area contributed by atoms with Crippen molar-refractivity contribution in [3.05, 3.63) is 62.7 Å². The molecule has 19 heavy (non-hydrogen) atoms. The smallest absolute Gasteiger partial charge is 0.261 e. The number of aryl methyl sites for hydroxylation is 1. The van der Waals surface area contributed by atoms with Crippen LogP contribution in [0.4, 0.5) is 5.69 Å². The lowest BCUT2D eigenvalue weighted by atomic mass is 10.1. The van der Waals surface area contributed by atoms with E-state index < -0.39 is 4.92 Å². The van der Waals surface area contributed by atoms with E-state index in [1.54, 1.807) is 6.20 Å². The minimum absolute atomic E-state index is 0.0363. The van der Waals surface area contributed by atoms with Gasteiger partial charge >= 0.3 is 0 Å². The fourth-order valence-electron chi connectivity index (χ4n) is 1.70. The molecule has 0 aliphatic heterocycles. The van der Waals surface area contributed by atoms with Crippen molar-refractivity contribution in [1.29, 1.82) is 0 Å². The number of nitrogens with zero attached hydrogens (tertiary/aromatic N) is 3. The van der Waals surface area contributed by atoms with E-state index in [1.165, 1.54) is 12.1 Å². The van der Waals surface area contributed by atoms with E-state index in [2.05, 4.69) is 9.97 Å². The molecule has 0 amide bonds. The number of hydrogen-bond acceptors (Lipinski definition) is 4. The van der Waals surface area contributed by atoms with E-state index in [-0.39, 0.29) is 10.8 Å². The molecule has 0 spiro atoms. The molecule has 0 aliphatic rings. The summed E-state index contributed by atoms with van der Waals surface area (Å²) >= 11 is 5.78. The maximum atomic E-state index is 10.9. The average molecular weight is 278 g/mol. The van der Waals surface area contributed by atoms with Gasteiger partial charge in [0, 0.05) is 24.4 Å². The minimum Gasteiger partial charge on any atom is -0.261 e.